The zero-order valence-electron chi connectivity index (χ0n) is 12.5. The maximum absolute atomic E-state index is 3.70. The first kappa shape index (κ1) is 17.5. The van der Waals surface area contributed by atoms with Crippen LogP contribution in [0.15, 0.2) is 24.3 Å². The molecule has 0 aromatic heterocycles. The molecule has 0 spiro atoms. The number of allylic oxidation sites excluding steroid dienone is 4. The summed E-state index contributed by atoms with van der Waals surface area (Å²) < 4.78 is 0. The highest BCUT2D eigenvalue weighted by atomic mass is 14.0. The lowest BCUT2D eigenvalue weighted by atomic mass is 10.1. The van der Waals surface area contributed by atoms with Gasteiger partial charge in [0.2, 0.25) is 0 Å². The number of hydrogen-bond acceptors (Lipinski definition) is 0. The molecule has 0 aliphatic carbocycles. The molecule has 0 amide bonds. The van der Waals surface area contributed by atoms with Gasteiger partial charge in [0.15, 0.2) is 0 Å². The van der Waals surface area contributed by atoms with E-state index in [0.717, 1.165) is 0 Å². The molecular formula is C18H33. The van der Waals surface area contributed by atoms with Crippen molar-refractivity contribution in [3.8, 4) is 0 Å². The summed E-state index contributed by atoms with van der Waals surface area (Å²) in [4.78, 5) is 0. The minimum Gasteiger partial charge on any atom is -0.0885 e. The normalized spacial score (nSPS) is 11.9. The lowest BCUT2D eigenvalue weighted by Crippen LogP contribution is -1.80. The Bertz CT molecular complexity index is 188. The number of hydrogen-bond donors (Lipinski definition) is 0. The van der Waals surface area contributed by atoms with Gasteiger partial charge in [-0.25, -0.2) is 0 Å². The van der Waals surface area contributed by atoms with Crippen LogP contribution in [-0.2, 0) is 0 Å². The fourth-order valence-corrected chi connectivity index (χ4v) is 2.08. The third-order valence-electron chi connectivity index (χ3n) is 3.30. The van der Waals surface area contributed by atoms with E-state index in [2.05, 4.69) is 32.1 Å². The minimum atomic E-state index is 1.21. The summed E-state index contributed by atoms with van der Waals surface area (Å²) in [6, 6.07) is 0. The van der Waals surface area contributed by atoms with Crippen LogP contribution in [0.2, 0.25) is 0 Å². The van der Waals surface area contributed by atoms with E-state index >= 15 is 0 Å². The van der Waals surface area contributed by atoms with Crippen molar-refractivity contribution in [3.05, 3.63) is 31.2 Å². The summed E-state index contributed by atoms with van der Waals surface area (Å²) >= 11 is 0. The third-order valence-corrected chi connectivity index (χ3v) is 3.30. The zero-order chi connectivity index (χ0) is 13.3. The van der Waals surface area contributed by atoms with E-state index in [9.17, 15) is 0 Å². The van der Waals surface area contributed by atoms with Crippen LogP contribution in [-0.4, -0.2) is 0 Å². The molecule has 0 heteroatoms. The summed E-state index contributed by atoms with van der Waals surface area (Å²) in [7, 11) is 0. The third kappa shape index (κ3) is 15.5. The Morgan fingerprint density at radius 1 is 0.611 bits per heavy atom. The molecule has 0 aromatic rings. The summed E-state index contributed by atoms with van der Waals surface area (Å²) in [5, 5.41) is 0. The molecule has 0 saturated heterocycles. The van der Waals surface area contributed by atoms with Gasteiger partial charge in [0.1, 0.15) is 0 Å². The topological polar surface area (TPSA) is 0 Å². The molecule has 0 aliphatic rings. The Labute approximate surface area is 116 Å². The molecule has 0 heterocycles. The van der Waals surface area contributed by atoms with E-state index in [4.69, 9.17) is 0 Å². The highest BCUT2D eigenvalue weighted by molar-refractivity contribution is 4.83. The van der Waals surface area contributed by atoms with Crippen molar-refractivity contribution >= 4 is 0 Å². The van der Waals surface area contributed by atoms with Crippen molar-refractivity contribution in [2.75, 3.05) is 0 Å². The fourth-order valence-electron chi connectivity index (χ4n) is 2.08. The van der Waals surface area contributed by atoms with Crippen LogP contribution in [0.25, 0.3) is 0 Å². The second-order valence-corrected chi connectivity index (χ2v) is 5.14. The van der Waals surface area contributed by atoms with Gasteiger partial charge in [-0.05, 0) is 39.0 Å². The van der Waals surface area contributed by atoms with Gasteiger partial charge in [0, 0.05) is 0 Å². The fraction of sp³-hybridized carbons (Fsp3) is 0.722. The number of rotatable bonds is 13. The second kappa shape index (κ2) is 16.5. The molecule has 0 rings (SSSR count). The van der Waals surface area contributed by atoms with Crippen LogP contribution in [0.3, 0.4) is 0 Å². The van der Waals surface area contributed by atoms with Crippen LogP contribution in [0.4, 0.5) is 0 Å². The molecule has 0 N–H and O–H groups in total. The van der Waals surface area contributed by atoms with Gasteiger partial charge in [-0.1, -0.05) is 76.2 Å². The highest BCUT2D eigenvalue weighted by Crippen LogP contribution is 2.10. The molecule has 0 nitrogen and oxygen atoms in total. The van der Waals surface area contributed by atoms with Gasteiger partial charge >= 0.3 is 0 Å². The molecule has 0 aromatic carbocycles. The van der Waals surface area contributed by atoms with Gasteiger partial charge < -0.3 is 0 Å². The standard InChI is InChI=1S/C18H33/c1-3-5-7-9-11-13-15-17-18-16-14-12-10-8-6-4-2/h3,5,10,12H,1,4,6-9,11,13-18H2,2H3/b5-3+,12-10+. The first-order chi connectivity index (χ1) is 8.91. The molecule has 0 atom stereocenters. The SMILES string of the molecule is [CH2]/C=C/CCCCCCCCC/C=C/CCCC. The average molecular weight is 249 g/mol. The molecule has 0 aliphatic heterocycles. The van der Waals surface area contributed by atoms with Crippen molar-refractivity contribution < 1.29 is 0 Å². The Morgan fingerprint density at radius 2 is 1.06 bits per heavy atom. The minimum absolute atomic E-state index is 1.21. The van der Waals surface area contributed by atoms with Crippen LogP contribution in [0.1, 0.15) is 84.0 Å². The van der Waals surface area contributed by atoms with Crippen molar-refractivity contribution in [1.29, 1.82) is 0 Å². The monoisotopic (exact) mass is 249 g/mol. The van der Waals surface area contributed by atoms with Crippen molar-refractivity contribution in [2.24, 2.45) is 0 Å². The molecule has 0 fully saturated rings. The smallest absolute Gasteiger partial charge is 0.0316 e. The predicted octanol–water partition coefficient (Wildman–Crippen LogP) is 6.63. The van der Waals surface area contributed by atoms with Gasteiger partial charge in [-0.15, -0.1) is 0 Å². The van der Waals surface area contributed by atoms with Crippen LogP contribution in [0, 0.1) is 6.92 Å². The van der Waals surface area contributed by atoms with Gasteiger partial charge in [0.25, 0.3) is 0 Å². The maximum Gasteiger partial charge on any atom is -0.0316 e. The summed E-state index contributed by atoms with van der Waals surface area (Å²) in [6.07, 6.45) is 25.0. The van der Waals surface area contributed by atoms with Crippen molar-refractivity contribution in [1.82, 2.24) is 0 Å². The van der Waals surface area contributed by atoms with E-state index < -0.39 is 0 Å². The molecule has 0 saturated carbocycles. The van der Waals surface area contributed by atoms with Crippen molar-refractivity contribution in [2.45, 2.75) is 84.0 Å². The van der Waals surface area contributed by atoms with Crippen molar-refractivity contribution in [3.63, 3.8) is 0 Å². The Balaban J connectivity index is 3.00. The number of unbranched alkanes of at least 4 members (excludes halogenated alkanes) is 10. The van der Waals surface area contributed by atoms with E-state index in [1.54, 1.807) is 0 Å². The lowest BCUT2D eigenvalue weighted by Gasteiger charge is -2.00. The van der Waals surface area contributed by atoms with E-state index in [0.29, 0.717) is 0 Å². The highest BCUT2D eigenvalue weighted by Gasteiger charge is 1.90. The largest absolute Gasteiger partial charge is 0.0885 e. The van der Waals surface area contributed by atoms with Gasteiger partial charge in [-0.3, -0.25) is 0 Å². The molecule has 0 unspecified atom stereocenters. The second-order valence-electron chi connectivity index (χ2n) is 5.14. The van der Waals surface area contributed by atoms with Crippen LogP contribution in [0.5, 0.6) is 0 Å². The summed E-state index contributed by atoms with van der Waals surface area (Å²) in [5.41, 5.74) is 0. The molecule has 0 bridgehead atoms. The molecular weight excluding hydrogens is 216 g/mol. The van der Waals surface area contributed by atoms with Gasteiger partial charge in [0.05, 0.1) is 0 Å². The quantitative estimate of drug-likeness (QED) is 0.254. The van der Waals surface area contributed by atoms with Crippen LogP contribution < -0.4 is 0 Å². The first-order valence-electron chi connectivity index (χ1n) is 8.01. The van der Waals surface area contributed by atoms with Gasteiger partial charge in [-0.2, -0.15) is 0 Å². The maximum atomic E-state index is 3.70. The Hall–Kier alpha value is -0.520. The molecule has 18 heavy (non-hydrogen) atoms. The summed E-state index contributed by atoms with van der Waals surface area (Å²) in [6.45, 7) is 5.95. The first-order valence-corrected chi connectivity index (χ1v) is 8.01. The average Bonchev–Trinajstić information content (AvgIpc) is 2.39. The Kier molecular flexibility index (Phi) is 16.0. The predicted molar refractivity (Wildman–Crippen MR) is 84.7 cm³/mol. The van der Waals surface area contributed by atoms with E-state index in [1.807, 2.05) is 6.08 Å². The summed E-state index contributed by atoms with van der Waals surface area (Å²) in [5.74, 6) is 0. The molecule has 1 radical (unpaired) electrons. The zero-order valence-corrected chi connectivity index (χ0v) is 12.5. The Morgan fingerprint density at radius 3 is 1.56 bits per heavy atom. The molecule has 105 valence electrons. The lowest BCUT2D eigenvalue weighted by molar-refractivity contribution is 0.583. The van der Waals surface area contributed by atoms with E-state index in [-0.39, 0.29) is 0 Å². The van der Waals surface area contributed by atoms with Crippen LogP contribution >= 0.6 is 0 Å². The van der Waals surface area contributed by atoms with E-state index in [1.165, 1.54) is 77.0 Å².